The van der Waals surface area contributed by atoms with Gasteiger partial charge in [-0.3, -0.25) is 4.84 Å². The summed E-state index contributed by atoms with van der Waals surface area (Å²) in [6.45, 7) is 4.80. The van der Waals surface area contributed by atoms with Crippen LogP contribution in [0.15, 0.2) is 17.5 Å². The standard InChI is InChI=1S/C8H13NOS/c1-7(2)10-9-6-8-4-3-5-11-8/h3-5,7,9H,6H2,1-2H3. The Morgan fingerprint density at radius 2 is 2.45 bits per heavy atom. The van der Waals surface area contributed by atoms with Gasteiger partial charge in [0.1, 0.15) is 0 Å². The molecule has 1 rings (SSSR count). The van der Waals surface area contributed by atoms with E-state index in [2.05, 4.69) is 16.9 Å². The molecule has 0 aromatic carbocycles. The molecule has 2 nitrogen and oxygen atoms in total. The Hall–Kier alpha value is -0.380. The van der Waals surface area contributed by atoms with Gasteiger partial charge >= 0.3 is 0 Å². The number of hydroxylamine groups is 1. The van der Waals surface area contributed by atoms with E-state index in [1.165, 1.54) is 4.88 Å². The van der Waals surface area contributed by atoms with Crippen molar-refractivity contribution in [3.8, 4) is 0 Å². The number of nitrogens with one attached hydrogen (secondary N) is 1. The molecule has 0 spiro atoms. The fourth-order valence-electron chi connectivity index (χ4n) is 0.693. The van der Waals surface area contributed by atoms with Gasteiger partial charge in [-0.15, -0.1) is 11.3 Å². The second-order valence-corrected chi connectivity index (χ2v) is 3.60. The molecule has 0 amide bonds. The van der Waals surface area contributed by atoms with Gasteiger partial charge in [0, 0.05) is 4.88 Å². The minimum atomic E-state index is 0.245. The number of hydrogen-bond acceptors (Lipinski definition) is 3. The fraction of sp³-hybridized carbons (Fsp3) is 0.500. The Bertz CT molecular complexity index is 184. The van der Waals surface area contributed by atoms with Crippen LogP contribution in [0.3, 0.4) is 0 Å². The molecular weight excluding hydrogens is 158 g/mol. The Kier molecular flexibility index (Phi) is 3.56. The molecule has 11 heavy (non-hydrogen) atoms. The average molecular weight is 171 g/mol. The molecule has 1 aromatic heterocycles. The Morgan fingerprint density at radius 3 is 3.00 bits per heavy atom. The third kappa shape index (κ3) is 3.51. The van der Waals surface area contributed by atoms with E-state index in [1.54, 1.807) is 11.3 Å². The van der Waals surface area contributed by atoms with Crippen LogP contribution in [0, 0.1) is 0 Å². The highest BCUT2D eigenvalue weighted by Crippen LogP contribution is 2.07. The Labute approximate surface area is 71.1 Å². The van der Waals surface area contributed by atoms with Gasteiger partial charge in [0.2, 0.25) is 0 Å². The molecule has 0 saturated heterocycles. The van der Waals surface area contributed by atoms with Crippen LogP contribution in [-0.4, -0.2) is 6.10 Å². The first-order valence-corrected chi connectivity index (χ1v) is 4.58. The molecule has 0 saturated carbocycles. The summed E-state index contributed by atoms with van der Waals surface area (Å²) in [4.78, 5) is 6.47. The van der Waals surface area contributed by atoms with Crippen LogP contribution >= 0.6 is 11.3 Å². The summed E-state index contributed by atoms with van der Waals surface area (Å²) in [5.41, 5.74) is 2.90. The van der Waals surface area contributed by atoms with Crippen LogP contribution in [0.1, 0.15) is 18.7 Å². The third-order valence-corrected chi connectivity index (χ3v) is 2.02. The maximum atomic E-state index is 5.17. The molecule has 1 heterocycles. The monoisotopic (exact) mass is 171 g/mol. The normalized spacial score (nSPS) is 10.8. The van der Waals surface area contributed by atoms with Gasteiger partial charge in [-0.2, -0.15) is 5.48 Å². The maximum Gasteiger partial charge on any atom is 0.0734 e. The van der Waals surface area contributed by atoms with E-state index in [-0.39, 0.29) is 6.10 Å². The largest absolute Gasteiger partial charge is 0.299 e. The Balaban J connectivity index is 2.14. The van der Waals surface area contributed by atoms with E-state index in [0.29, 0.717) is 0 Å². The predicted octanol–water partition coefficient (Wildman–Crippen LogP) is 2.18. The van der Waals surface area contributed by atoms with Crippen molar-refractivity contribution in [2.75, 3.05) is 0 Å². The highest BCUT2D eigenvalue weighted by Gasteiger charge is 1.94. The molecule has 1 aromatic rings. The summed E-state index contributed by atoms with van der Waals surface area (Å²) >= 11 is 1.73. The van der Waals surface area contributed by atoms with Crippen molar-refractivity contribution in [1.82, 2.24) is 5.48 Å². The molecule has 1 N–H and O–H groups in total. The molecular formula is C8H13NOS. The van der Waals surface area contributed by atoms with Gasteiger partial charge in [-0.05, 0) is 25.3 Å². The van der Waals surface area contributed by atoms with E-state index in [9.17, 15) is 0 Å². The first-order valence-electron chi connectivity index (χ1n) is 3.70. The third-order valence-electron chi connectivity index (χ3n) is 1.15. The van der Waals surface area contributed by atoms with Crippen molar-refractivity contribution in [2.45, 2.75) is 26.5 Å². The number of rotatable bonds is 4. The zero-order valence-corrected chi connectivity index (χ0v) is 7.65. The van der Waals surface area contributed by atoms with Gasteiger partial charge in [0.15, 0.2) is 0 Å². The summed E-state index contributed by atoms with van der Waals surface area (Å²) in [5, 5.41) is 2.06. The summed E-state index contributed by atoms with van der Waals surface area (Å²) in [6, 6.07) is 4.12. The van der Waals surface area contributed by atoms with Crippen molar-refractivity contribution in [2.24, 2.45) is 0 Å². The number of thiophene rings is 1. The molecule has 0 unspecified atom stereocenters. The molecule has 0 aliphatic rings. The summed E-state index contributed by atoms with van der Waals surface area (Å²) < 4.78 is 0. The van der Waals surface area contributed by atoms with Crippen LogP contribution in [0.5, 0.6) is 0 Å². The topological polar surface area (TPSA) is 21.3 Å². The zero-order valence-electron chi connectivity index (χ0n) is 6.83. The fourth-order valence-corrected chi connectivity index (χ4v) is 1.32. The van der Waals surface area contributed by atoms with E-state index in [4.69, 9.17) is 4.84 Å². The zero-order chi connectivity index (χ0) is 8.10. The van der Waals surface area contributed by atoms with Crippen LogP contribution in [0.2, 0.25) is 0 Å². The quantitative estimate of drug-likeness (QED) is 0.701. The lowest BCUT2D eigenvalue weighted by Gasteiger charge is -2.06. The lowest BCUT2D eigenvalue weighted by atomic mass is 10.5. The second kappa shape index (κ2) is 4.49. The highest BCUT2D eigenvalue weighted by molar-refractivity contribution is 7.09. The van der Waals surface area contributed by atoms with Crippen LogP contribution in [0.25, 0.3) is 0 Å². The van der Waals surface area contributed by atoms with Crippen molar-refractivity contribution >= 4 is 11.3 Å². The molecule has 0 atom stereocenters. The SMILES string of the molecule is CC(C)ONCc1cccs1. The van der Waals surface area contributed by atoms with Gasteiger partial charge in [-0.1, -0.05) is 6.07 Å². The van der Waals surface area contributed by atoms with E-state index < -0.39 is 0 Å². The molecule has 0 aliphatic heterocycles. The van der Waals surface area contributed by atoms with Crippen molar-refractivity contribution < 1.29 is 4.84 Å². The lowest BCUT2D eigenvalue weighted by molar-refractivity contribution is -0.00837. The smallest absolute Gasteiger partial charge is 0.0734 e. The summed E-state index contributed by atoms with van der Waals surface area (Å²) in [6.07, 6.45) is 0.245. The van der Waals surface area contributed by atoms with Gasteiger partial charge < -0.3 is 0 Å². The molecule has 0 fully saturated rings. The van der Waals surface area contributed by atoms with Crippen molar-refractivity contribution in [3.05, 3.63) is 22.4 Å². The second-order valence-electron chi connectivity index (χ2n) is 2.57. The molecule has 62 valence electrons. The van der Waals surface area contributed by atoms with Crippen molar-refractivity contribution in [1.29, 1.82) is 0 Å². The van der Waals surface area contributed by atoms with Gasteiger partial charge in [0.05, 0.1) is 12.6 Å². The van der Waals surface area contributed by atoms with E-state index >= 15 is 0 Å². The molecule has 0 bridgehead atoms. The molecule has 0 radical (unpaired) electrons. The van der Waals surface area contributed by atoms with Gasteiger partial charge in [0.25, 0.3) is 0 Å². The van der Waals surface area contributed by atoms with Crippen molar-refractivity contribution in [3.63, 3.8) is 0 Å². The van der Waals surface area contributed by atoms with Crippen LogP contribution < -0.4 is 5.48 Å². The predicted molar refractivity (Wildman–Crippen MR) is 47.4 cm³/mol. The summed E-state index contributed by atoms with van der Waals surface area (Å²) in [7, 11) is 0. The van der Waals surface area contributed by atoms with E-state index in [0.717, 1.165) is 6.54 Å². The summed E-state index contributed by atoms with van der Waals surface area (Å²) in [5.74, 6) is 0. The maximum absolute atomic E-state index is 5.17. The molecule has 3 heteroatoms. The average Bonchev–Trinajstić information content (AvgIpc) is 2.39. The van der Waals surface area contributed by atoms with Crippen LogP contribution in [-0.2, 0) is 11.4 Å². The Morgan fingerprint density at radius 1 is 1.64 bits per heavy atom. The van der Waals surface area contributed by atoms with Gasteiger partial charge in [-0.25, -0.2) is 0 Å². The minimum Gasteiger partial charge on any atom is -0.299 e. The van der Waals surface area contributed by atoms with Crippen LogP contribution in [0.4, 0.5) is 0 Å². The number of hydrogen-bond donors (Lipinski definition) is 1. The van der Waals surface area contributed by atoms with E-state index in [1.807, 2.05) is 19.9 Å². The lowest BCUT2D eigenvalue weighted by Crippen LogP contribution is -2.18. The minimum absolute atomic E-state index is 0.245. The molecule has 0 aliphatic carbocycles. The first-order chi connectivity index (χ1) is 5.29. The highest BCUT2D eigenvalue weighted by atomic mass is 32.1. The first kappa shape index (κ1) is 8.71.